The fourth-order valence-corrected chi connectivity index (χ4v) is 3.56. The summed E-state index contributed by atoms with van der Waals surface area (Å²) in [6.45, 7) is 2.81. The standard InChI is InChI=1S/C12H15BrFNO4S/c1-8(2)6-15(7-12(16)17)20(18,19)11-4-3-9(13)5-10(11)14/h3-5,8H,6-7H2,1-2H3,(H,16,17). The molecule has 0 saturated carbocycles. The average Bonchev–Trinajstić information content (AvgIpc) is 2.26. The highest BCUT2D eigenvalue weighted by Gasteiger charge is 2.29. The quantitative estimate of drug-likeness (QED) is 0.836. The summed E-state index contributed by atoms with van der Waals surface area (Å²) in [5, 5.41) is 8.81. The van der Waals surface area contributed by atoms with Crippen molar-refractivity contribution >= 4 is 31.9 Å². The van der Waals surface area contributed by atoms with Gasteiger partial charge >= 0.3 is 5.97 Å². The minimum atomic E-state index is -4.18. The summed E-state index contributed by atoms with van der Waals surface area (Å²) >= 11 is 3.04. The number of hydrogen-bond acceptors (Lipinski definition) is 3. The average molecular weight is 368 g/mol. The van der Waals surface area contributed by atoms with Gasteiger partial charge in [-0.15, -0.1) is 0 Å². The number of aliphatic carboxylic acids is 1. The van der Waals surface area contributed by atoms with Crippen LogP contribution in [0.2, 0.25) is 0 Å². The number of carboxylic acid groups (broad SMARTS) is 1. The molecule has 1 aromatic rings. The zero-order chi connectivity index (χ0) is 15.5. The third-order valence-corrected chi connectivity index (χ3v) is 4.73. The van der Waals surface area contributed by atoms with Gasteiger partial charge in [0.15, 0.2) is 0 Å². The lowest BCUT2D eigenvalue weighted by molar-refractivity contribution is -0.137. The molecule has 0 aliphatic carbocycles. The first-order valence-electron chi connectivity index (χ1n) is 5.81. The lowest BCUT2D eigenvalue weighted by atomic mass is 10.2. The topological polar surface area (TPSA) is 74.7 Å². The Morgan fingerprint density at radius 3 is 2.50 bits per heavy atom. The molecule has 8 heteroatoms. The summed E-state index contributed by atoms with van der Waals surface area (Å²) < 4.78 is 39.7. The molecule has 0 heterocycles. The molecule has 0 spiro atoms. The molecule has 0 radical (unpaired) electrons. The Morgan fingerprint density at radius 1 is 1.45 bits per heavy atom. The number of carboxylic acids is 1. The molecule has 0 atom stereocenters. The monoisotopic (exact) mass is 367 g/mol. The number of nitrogens with zero attached hydrogens (tertiary/aromatic N) is 1. The van der Waals surface area contributed by atoms with Crippen LogP contribution in [0.4, 0.5) is 4.39 Å². The Kier molecular flexibility index (Phi) is 5.67. The third-order valence-electron chi connectivity index (χ3n) is 2.39. The molecule has 0 aliphatic rings. The van der Waals surface area contributed by atoms with Gasteiger partial charge in [-0.2, -0.15) is 4.31 Å². The Labute approximate surface area is 125 Å². The number of hydrogen-bond donors (Lipinski definition) is 1. The molecule has 0 bridgehead atoms. The van der Waals surface area contributed by atoms with E-state index in [1.54, 1.807) is 13.8 Å². The van der Waals surface area contributed by atoms with Crippen LogP contribution in [-0.2, 0) is 14.8 Å². The highest BCUT2D eigenvalue weighted by molar-refractivity contribution is 9.10. The maximum atomic E-state index is 13.8. The fraction of sp³-hybridized carbons (Fsp3) is 0.417. The maximum absolute atomic E-state index is 13.8. The van der Waals surface area contributed by atoms with E-state index in [4.69, 9.17) is 5.11 Å². The Balaban J connectivity index is 3.24. The third kappa shape index (κ3) is 4.26. The van der Waals surface area contributed by atoms with Crippen molar-refractivity contribution in [3.8, 4) is 0 Å². The van der Waals surface area contributed by atoms with E-state index in [-0.39, 0.29) is 12.5 Å². The van der Waals surface area contributed by atoms with Gasteiger partial charge in [0.1, 0.15) is 17.3 Å². The number of halogens is 2. The zero-order valence-corrected chi connectivity index (χ0v) is 13.4. The summed E-state index contributed by atoms with van der Waals surface area (Å²) in [6, 6.07) is 3.54. The van der Waals surface area contributed by atoms with Crippen molar-refractivity contribution in [2.45, 2.75) is 18.7 Å². The summed E-state index contributed by atoms with van der Waals surface area (Å²) in [5.41, 5.74) is 0. The van der Waals surface area contributed by atoms with Crippen LogP contribution in [0.15, 0.2) is 27.6 Å². The van der Waals surface area contributed by atoms with Crippen LogP contribution in [0.5, 0.6) is 0 Å². The van der Waals surface area contributed by atoms with Crippen LogP contribution in [0.3, 0.4) is 0 Å². The van der Waals surface area contributed by atoms with Gasteiger partial charge < -0.3 is 5.11 Å². The van der Waals surface area contributed by atoms with Crippen molar-refractivity contribution in [3.05, 3.63) is 28.5 Å². The lowest BCUT2D eigenvalue weighted by Gasteiger charge is -2.22. The van der Waals surface area contributed by atoms with E-state index in [0.717, 1.165) is 16.4 Å². The molecule has 0 unspecified atom stereocenters. The predicted molar refractivity (Wildman–Crippen MR) is 75.3 cm³/mol. The van der Waals surface area contributed by atoms with Crippen molar-refractivity contribution in [3.63, 3.8) is 0 Å². The number of sulfonamides is 1. The minimum absolute atomic E-state index is 0.00410. The minimum Gasteiger partial charge on any atom is -0.480 e. The van der Waals surface area contributed by atoms with Gasteiger partial charge in [-0.05, 0) is 24.1 Å². The first kappa shape index (κ1) is 17.1. The van der Waals surface area contributed by atoms with E-state index < -0.39 is 33.3 Å². The number of carbonyl (C=O) groups is 1. The second-order valence-corrected chi connectivity index (χ2v) is 7.48. The molecule has 0 saturated heterocycles. The molecule has 1 aromatic carbocycles. The molecular formula is C12H15BrFNO4S. The molecule has 5 nitrogen and oxygen atoms in total. The zero-order valence-electron chi connectivity index (χ0n) is 11.0. The molecule has 0 aromatic heterocycles. The van der Waals surface area contributed by atoms with E-state index in [1.807, 2.05) is 0 Å². The fourth-order valence-electron chi connectivity index (χ4n) is 1.63. The second kappa shape index (κ2) is 6.64. The van der Waals surface area contributed by atoms with Gasteiger partial charge in [0.2, 0.25) is 10.0 Å². The highest BCUT2D eigenvalue weighted by Crippen LogP contribution is 2.23. The molecule has 1 N–H and O–H groups in total. The first-order valence-corrected chi connectivity index (χ1v) is 8.05. The normalized spacial score (nSPS) is 12.1. The second-order valence-electron chi connectivity index (χ2n) is 4.66. The molecule has 0 amide bonds. The van der Waals surface area contributed by atoms with Crippen molar-refractivity contribution < 1.29 is 22.7 Å². The molecule has 0 fully saturated rings. The van der Waals surface area contributed by atoms with Crippen LogP contribution in [0, 0.1) is 11.7 Å². The summed E-state index contributed by atoms with van der Waals surface area (Å²) in [6.07, 6.45) is 0. The van der Waals surface area contributed by atoms with Crippen molar-refractivity contribution in [2.24, 2.45) is 5.92 Å². The summed E-state index contributed by atoms with van der Waals surface area (Å²) in [5.74, 6) is -2.28. The molecule has 1 rings (SSSR count). The van der Waals surface area contributed by atoms with E-state index in [9.17, 15) is 17.6 Å². The van der Waals surface area contributed by atoms with Crippen molar-refractivity contribution in [2.75, 3.05) is 13.1 Å². The summed E-state index contributed by atoms with van der Waals surface area (Å²) in [4.78, 5) is 10.3. The van der Waals surface area contributed by atoms with Crippen LogP contribution >= 0.6 is 15.9 Å². The van der Waals surface area contributed by atoms with Gasteiger partial charge in [0.05, 0.1) is 0 Å². The number of rotatable bonds is 6. The SMILES string of the molecule is CC(C)CN(CC(=O)O)S(=O)(=O)c1ccc(Br)cc1F. The Hall–Kier alpha value is -0.990. The smallest absolute Gasteiger partial charge is 0.318 e. The highest BCUT2D eigenvalue weighted by atomic mass is 79.9. The lowest BCUT2D eigenvalue weighted by Crippen LogP contribution is -2.38. The molecule has 112 valence electrons. The maximum Gasteiger partial charge on any atom is 0.318 e. The van der Waals surface area contributed by atoms with Gasteiger partial charge in [-0.25, -0.2) is 12.8 Å². The Morgan fingerprint density at radius 2 is 2.05 bits per heavy atom. The molecule has 0 aliphatic heterocycles. The summed E-state index contributed by atoms with van der Waals surface area (Å²) in [7, 11) is -4.18. The number of benzene rings is 1. The van der Waals surface area contributed by atoms with Crippen LogP contribution in [0.25, 0.3) is 0 Å². The van der Waals surface area contributed by atoms with Gasteiger partial charge in [0.25, 0.3) is 0 Å². The van der Waals surface area contributed by atoms with Crippen LogP contribution in [0.1, 0.15) is 13.8 Å². The van der Waals surface area contributed by atoms with E-state index in [1.165, 1.54) is 6.07 Å². The van der Waals surface area contributed by atoms with Crippen LogP contribution in [-0.4, -0.2) is 36.9 Å². The van der Waals surface area contributed by atoms with E-state index in [0.29, 0.717) is 4.47 Å². The van der Waals surface area contributed by atoms with Gasteiger partial charge in [-0.3, -0.25) is 4.79 Å². The molecular weight excluding hydrogens is 353 g/mol. The van der Waals surface area contributed by atoms with Crippen LogP contribution < -0.4 is 0 Å². The Bertz CT molecular complexity index is 603. The van der Waals surface area contributed by atoms with Gasteiger partial charge in [-0.1, -0.05) is 29.8 Å². The predicted octanol–water partition coefficient (Wildman–Crippen LogP) is 2.32. The van der Waals surface area contributed by atoms with Crippen molar-refractivity contribution in [1.82, 2.24) is 4.31 Å². The van der Waals surface area contributed by atoms with Crippen molar-refractivity contribution in [1.29, 1.82) is 0 Å². The molecule has 20 heavy (non-hydrogen) atoms. The van der Waals surface area contributed by atoms with E-state index >= 15 is 0 Å². The van der Waals surface area contributed by atoms with E-state index in [2.05, 4.69) is 15.9 Å². The first-order chi connectivity index (χ1) is 9.14. The van der Waals surface area contributed by atoms with Gasteiger partial charge in [0, 0.05) is 11.0 Å². The largest absolute Gasteiger partial charge is 0.480 e.